The summed E-state index contributed by atoms with van der Waals surface area (Å²) < 4.78 is 32.7. The lowest BCUT2D eigenvalue weighted by atomic mass is 10.1. The highest BCUT2D eigenvalue weighted by atomic mass is 35.5. The Labute approximate surface area is 248 Å². The van der Waals surface area contributed by atoms with E-state index < -0.39 is 17.0 Å². The number of anilines is 2. The summed E-state index contributed by atoms with van der Waals surface area (Å²) in [6, 6.07) is 6.43. The summed E-state index contributed by atoms with van der Waals surface area (Å²) in [5, 5.41) is 13.6. The van der Waals surface area contributed by atoms with Crippen LogP contribution in [-0.2, 0) is 4.74 Å². The molecule has 1 saturated heterocycles. The molecule has 1 aromatic heterocycles. The topological polar surface area (TPSA) is 106 Å². The van der Waals surface area contributed by atoms with Gasteiger partial charge in [0.15, 0.2) is 17.3 Å². The van der Waals surface area contributed by atoms with E-state index in [4.69, 9.17) is 37.4 Å². The minimum Gasteiger partial charge on any atom is -0.490 e. The number of halogens is 3. The van der Waals surface area contributed by atoms with Gasteiger partial charge in [-0.25, -0.2) is 19.2 Å². The molecule has 3 aromatic rings. The van der Waals surface area contributed by atoms with Crippen LogP contribution in [0.1, 0.15) is 53.9 Å². The van der Waals surface area contributed by atoms with Gasteiger partial charge in [0.2, 0.25) is 0 Å². The van der Waals surface area contributed by atoms with Crippen molar-refractivity contribution in [3.63, 3.8) is 0 Å². The predicted octanol–water partition coefficient (Wildman–Crippen LogP) is 7.14. The Morgan fingerprint density at radius 3 is 2.49 bits per heavy atom. The van der Waals surface area contributed by atoms with Crippen molar-refractivity contribution in [1.29, 1.82) is 0 Å². The Hall–Kier alpha value is -3.08. The highest BCUT2D eigenvalue weighted by Gasteiger charge is 2.28. The Bertz CT molecular complexity index is 1400. The second-order valence-corrected chi connectivity index (χ2v) is 12.4. The van der Waals surface area contributed by atoms with Gasteiger partial charge < -0.3 is 29.5 Å². The van der Waals surface area contributed by atoms with Gasteiger partial charge in [-0.05, 0) is 52.8 Å². The molecule has 2 heterocycles. The van der Waals surface area contributed by atoms with Crippen LogP contribution in [0.3, 0.4) is 0 Å². The number of amides is 1. The summed E-state index contributed by atoms with van der Waals surface area (Å²) in [4.78, 5) is 22.8. The Morgan fingerprint density at radius 1 is 1.12 bits per heavy atom. The molecule has 1 aliphatic heterocycles. The number of fused-ring (bicyclic) bond motifs is 1. The van der Waals surface area contributed by atoms with Gasteiger partial charge in [-0.1, -0.05) is 23.2 Å². The van der Waals surface area contributed by atoms with Gasteiger partial charge in [-0.2, -0.15) is 0 Å². The predicted molar refractivity (Wildman–Crippen MR) is 157 cm³/mol. The summed E-state index contributed by atoms with van der Waals surface area (Å²) in [5.41, 5.74) is -0.843. The molecule has 0 bridgehead atoms. The molecule has 0 atom stereocenters. The molecule has 1 fully saturated rings. The average Bonchev–Trinajstić information content (AvgIpc) is 2.88. The summed E-state index contributed by atoms with van der Waals surface area (Å²) in [5.74, 6) is 0.517. The maximum Gasteiger partial charge on any atom is 0.410 e. The fraction of sp³-hybridized carbons (Fsp3) is 0.483. The number of ether oxygens (including phenoxy) is 3. The summed E-state index contributed by atoms with van der Waals surface area (Å²) in [6.07, 6.45) is 2.38. The minimum absolute atomic E-state index is 0.0990. The number of rotatable bonds is 8. The second kappa shape index (κ2) is 12.4. The van der Waals surface area contributed by atoms with Crippen LogP contribution in [0.4, 0.5) is 20.7 Å². The fourth-order valence-corrected chi connectivity index (χ4v) is 4.50. The quantitative estimate of drug-likeness (QED) is 0.260. The van der Waals surface area contributed by atoms with E-state index in [0.717, 1.165) is 0 Å². The van der Waals surface area contributed by atoms with Crippen molar-refractivity contribution in [3.05, 3.63) is 46.5 Å². The molecule has 1 amide bonds. The first-order valence-corrected chi connectivity index (χ1v) is 14.1. The van der Waals surface area contributed by atoms with Gasteiger partial charge in [0, 0.05) is 43.8 Å². The molecule has 2 N–H and O–H groups in total. The SMILES string of the molecule is CC(C)(O)CCOc1cc2ncnc(Nc3ccc(Cl)c(Cl)c3F)c2cc1OC1CCN(C(=O)OC(C)(C)C)CC1. The van der Waals surface area contributed by atoms with Crippen LogP contribution in [0.15, 0.2) is 30.6 Å². The fourth-order valence-electron chi connectivity index (χ4n) is 4.19. The maximum absolute atomic E-state index is 14.8. The number of aliphatic hydroxyl groups is 1. The van der Waals surface area contributed by atoms with Gasteiger partial charge in [-0.3, -0.25) is 0 Å². The number of nitrogens with zero attached hydrogens (tertiary/aromatic N) is 3. The van der Waals surface area contributed by atoms with E-state index in [1.165, 1.54) is 18.5 Å². The number of piperidine rings is 1. The molecule has 4 rings (SSSR count). The zero-order valence-electron chi connectivity index (χ0n) is 23.8. The molecule has 12 heteroatoms. The largest absolute Gasteiger partial charge is 0.490 e. The van der Waals surface area contributed by atoms with Crippen LogP contribution in [0.25, 0.3) is 10.9 Å². The number of hydrogen-bond acceptors (Lipinski definition) is 8. The lowest BCUT2D eigenvalue weighted by Gasteiger charge is -2.33. The van der Waals surface area contributed by atoms with Gasteiger partial charge in [0.25, 0.3) is 0 Å². The molecule has 0 radical (unpaired) electrons. The van der Waals surface area contributed by atoms with Gasteiger partial charge >= 0.3 is 6.09 Å². The number of carbonyl (C=O) groups is 1. The first-order valence-electron chi connectivity index (χ1n) is 13.4. The molecule has 0 spiro atoms. The zero-order valence-corrected chi connectivity index (χ0v) is 25.3. The Morgan fingerprint density at radius 2 is 1.83 bits per heavy atom. The van der Waals surface area contributed by atoms with Crippen molar-refractivity contribution in [3.8, 4) is 11.5 Å². The van der Waals surface area contributed by atoms with Crippen LogP contribution >= 0.6 is 23.2 Å². The Kier molecular flexibility index (Phi) is 9.35. The molecule has 2 aromatic carbocycles. The van der Waals surface area contributed by atoms with Crippen LogP contribution in [0.5, 0.6) is 11.5 Å². The van der Waals surface area contributed by atoms with E-state index in [-0.39, 0.29) is 34.5 Å². The molecule has 9 nitrogen and oxygen atoms in total. The highest BCUT2D eigenvalue weighted by molar-refractivity contribution is 6.42. The van der Waals surface area contributed by atoms with Crippen molar-refractivity contribution >= 4 is 51.7 Å². The number of aromatic nitrogens is 2. The molecule has 0 aliphatic carbocycles. The minimum atomic E-state index is -0.907. The number of hydrogen-bond donors (Lipinski definition) is 2. The standard InChI is InChI=1S/C29H35Cl2FN4O5/c1-28(2,3)41-27(37)36-11-8-17(9-12-36)40-23-14-18-21(15-22(23)39-13-10-29(4,5)38)33-16-34-26(18)35-20-7-6-19(30)24(31)25(20)32/h6-7,14-17,38H,8-13H2,1-5H3,(H,33,34,35). The van der Waals surface area contributed by atoms with E-state index in [9.17, 15) is 14.3 Å². The molecule has 0 saturated carbocycles. The normalized spacial score (nSPS) is 14.7. The van der Waals surface area contributed by atoms with Gasteiger partial charge in [-0.15, -0.1) is 0 Å². The second-order valence-electron chi connectivity index (χ2n) is 11.6. The van der Waals surface area contributed by atoms with Crippen LogP contribution in [0.2, 0.25) is 10.0 Å². The highest BCUT2D eigenvalue weighted by Crippen LogP contribution is 2.38. The van der Waals surface area contributed by atoms with Crippen LogP contribution in [0, 0.1) is 5.82 Å². The molecule has 1 aliphatic rings. The molecular formula is C29H35Cl2FN4O5. The number of benzene rings is 2. The van der Waals surface area contributed by atoms with Crippen molar-refractivity contribution in [1.82, 2.24) is 14.9 Å². The summed E-state index contributed by atoms with van der Waals surface area (Å²) in [6.45, 7) is 10.1. The van der Waals surface area contributed by atoms with Crippen LogP contribution < -0.4 is 14.8 Å². The molecular weight excluding hydrogens is 574 g/mol. The van der Waals surface area contributed by atoms with E-state index in [1.807, 2.05) is 20.8 Å². The van der Waals surface area contributed by atoms with Crippen molar-refractivity contribution in [2.45, 2.75) is 71.2 Å². The first kappa shape index (κ1) is 30.9. The third-order valence-corrected chi connectivity index (χ3v) is 7.13. The molecule has 0 unspecified atom stereocenters. The smallest absolute Gasteiger partial charge is 0.410 e. The number of carbonyl (C=O) groups excluding carboxylic acids is 1. The molecule has 222 valence electrons. The monoisotopic (exact) mass is 608 g/mol. The summed E-state index contributed by atoms with van der Waals surface area (Å²) >= 11 is 11.9. The van der Waals surface area contributed by atoms with Crippen molar-refractivity contribution < 1.29 is 28.5 Å². The lowest BCUT2D eigenvalue weighted by molar-refractivity contribution is 0.0121. The van der Waals surface area contributed by atoms with Crippen LogP contribution in [-0.4, -0.2) is 63.1 Å². The third kappa shape index (κ3) is 8.24. The zero-order chi connectivity index (χ0) is 29.9. The molecule has 41 heavy (non-hydrogen) atoms. The van der Waals surface area contributed by atoms with E-state index in [0.29, 0.717) is 60.6 Å². The van der Waals surface area contributed by atoms with E-state index in [1.54, 1.807) is 30.9 Å². The first-order chi connectivity index (χ1) is 19.2. The number of nitrogens with one attached hydrogen (secondary N) is 1. The Balaban J connectivity index is 1.60. The maximum atomic E-state index is 14.8. The third-order valence-electron chi connectivity index (χ3n) is 6.35. The average molecular weight is 610 g/mol. The van der Waals surface area contributed by atoms with Crippen molar-refractivity contribution in [2.24, 2.45) is 0 Å². The summed E-state index contributed by atoms with van der Waals surface area (Å²) in [7, 11) is 0. The van der Waals surface area contributed by atoms with E-state index in [2.05, 4.69) is 15.3 Å². The number of likely N-dealkylation sites (tertiary alicyclic amines) is 1. The van der Waals surface area contributed by atoms with Gasteiger partial charge in [0.1, 0.15) is 23.9 Å². The lowest BCUT2D eigenvalue weighted by Crippen LogP contribution is -2.44. The van der Waals surface area contributed by atoms with Gasteiger partial charge in [0.05, 0.1) is 33.5 Å². The van der Waals surface area contributed by atoms with Crippen molar-refractivity contribution in [2.75, 3.05) is 25.0 Å². The van der Waals surface area contributed by atoms with E-state index >= 15 is 0 Å².